The summed E-state index contributed by atoms with van der Waals surface area (Å²) in [5.41, 5.74) is 4.42. The summed E-state index contributed by atoms with van der Waals surface area (Å²) in [6.07, 6.45) is 6.24. The molecule has 0 amide bonds. The number of piperidine rings is 1. The fourth-order valence-electron chi connectivity index (χ4n) is 5.17. The standard InChI is InChI=1S/C24H27N7/c1-30-15-24(16-30)7-10-31(11-8-24)22-5-4-19-23(29-22)28-21(14-26-19)27-13-17-2-3-18-6-9-25-20(18)12-17/h2-6,9,12,14,25H,7-8,10-11,13,15-16H2,1H3,(H,27,28,29). The van der Waals surface area contributed by atoms with Crippen molar-refractivity contribution in [2.75, 3.05) is 43.4 Å². The lowest BCUT2D eigenvalue weighted by Gasteiger charge is -2.53. The maximum absolute atomic E-state index is 4.85. The molecule has 2 N–H and O–H groups in total. The zero-order valence-corrected chi connectivity index (χ0v) is 17.8. The number of benzene rings is 1. The highest BCUT2D eigenvalue weighted by atomic mass is 15.2. The summed E-state index contributed by atoms with van der Waals surface area (Å²) in [6.45, 7) is 5.31. The van der Waals surface area contributed by atoms with Crippen LogP contribution in [0.5, 0.6) is 0 Å². The molecule has 158 valence electrons. The third kappa shape index (κ3) is 3.49. The molecule has 0 saturated carbocycles. The van der Waals surface area contributed by atoms with Crippen molar-refractivity contribution >= 4 is 33.7 Å². The molecule has 1 spiro atoms. The number of fused-ring (bicyclic) bond motifs is 2. The number of pyridine rings is 1. The highest BCUT2D eigenvalue weighted by Gasteiger charge is 2.43. The van der Waals surface area contributed by atoms with Crippen LogP contribution in [-0.2, 0) is 6.54 Å². The maximum Gasteiger partial charge on any atom is 0.182 e. The molecular formula is C24H27N7. The van der Waals surface area contributed by atoms with E-state index in [1.807, 2.05) is 12.3 Å². The number of likely N-dealkylation sites (tertiary alicyclic amines) is 1. The van der Waals surface area contributed by atoms with E-state index in [9.17, 15) is 0 Å². The molecule has 0 aliphatic carbocycles. The average molecular weight is 414 g/mol. The number of H-pyrrole nitrogens is 1. The fraction of sp³-hybridized carbons (Fsp3) is 0.375. The van der Waals surface area contributed by atoms with Crippen LogP contribution in [0, 0.1) is 5.41 Å². The Balaban J connectivity index is 1.17. The smallest absolute Gasteiger partial charge is 0.182 e. The quantitative estimate of drug-likeness (QED) is 0.532. The van der Waals surface area contributed by atoms with Gasteiger partial charge in [0.1, 0.15) is 17.2 Å². The molecule has 0 bridgehead atoms. The molecule has 0 atom stereocenters. The van der Waals surface area contributed by atoms with Crippen molar-refractivity contribution in [3.63, 3.8) is 0 Å². The highest BCUT2D eigenvalue weighted by molar-refractivity contribution is 5.80. The molecular weight excluding hydrogens is 386 g/mol. The summed E-state index contributed by atoms with van der Waals surface area (Å²) in [5, 5.41) is 4.61. The topological polar surface area (TPSA) is 73.0 Å². The SMILES string of the molecule is CN1CC2(CCN(c3ccc4ncc(NCc5ccc6cc[nH]c6c5)nc4n3)CC2)C1. The van der Waals surface area contributed by atoms with Crippen LogP contribution in [0.25, 0.3) is 22.1 Å². The lowest BCUT2D eigenvalue weighted by molar-refractivity contribution is 0.00122. The molecule has 2 saturated heterocycles. The van der Waals surface area contributed by atoms with Gasteiger partial charge in [-0.3, -0.25) is 0 Å². The number of aromatic nitrogens is 4. The summed E-state index contributed by atoms with van der Waals surface area (Å²) in [7, 11) is 2.21. The van der Waals surface area contributed by atoms with Crippen molar-refractivity contribution in [2.45, 2.75) is 19.4 Å². The number of hydrogen-bond acceptors (Lipinski definition) is 6. The van der Waals surface area contributed by atoms with Crippen molar-refractivity contribution in [2.24, 2.45) is 5.41 Å². The predicted molar refractivity (Wildman–Crippen MR) is 124 cm³/mol. The maximum atomic E-state index is 4.85. The lowest BCUT2D eigenvalue weighted by Crippen LogP contribution is -2.58. The van der Waals surface area contributed by atoms with Crippen LogP contribution in [0.15, 0.2) is 48.8 Å². The third-order valence-corrected chi connectivity index (χ3v) is 6.84. The number of rotatable bonds is 4. The number of nitrogens with one attached hydrogen (secondary N) is 2. The van der Waals surface area contributed by atoms with E-state index in [0.717, 1.165) is 35.8 Å². The van der Waals surface area contributed by atoms with Gasteiger partial charge in [-0.05, 0) is 60.5 Å². The number of hydrogen-bond donors (Lipinski definition) is 2. The molecule has 6 rings (SSSR count). The van der Waals surface area contributed by atoms with Crippen molar-refractivity contribution in [1.82, 2.24) is 24.8 Å². The molecule has 2 aliphatic heterocycles. The van der Waals surface area contributed by atoms with Crippen LogP contribution < -0.4 is 10.2 Å². The molecule has 5 heterocycles. The lowest BCUT2D eigenvalue weighted by atomic mass is 9.72. The van der Waals surface area contributed by atoms with Gasteiger partial charge in [-0.1, -0.05) is 12.1 Å². The van der Waals surface area contributed by atoms with Crippen LogP contribution in [0.2, 0.25) is 0 Å². The molecule has 2 fully saturated rings. The highest BCUT2D eigenvalue weighted by Crippen LogP contribution is 2.40. The van der Waals surface area contributed by atoms with Gasteiger partial charge in [-0.2, -0.15) is 0 Å². The van der Waals surface area contributed by atoms with Gasteiger partial charge in [0.2, 0.25) is 0 Å². The summed E-state index contributed by atoms with van der Waals surface area (Å²) in [6, 6.07) is 12.6. The normalized spacial score (nSPS) is 18.5. The molecule has 4 aromatic rings. The molecule has 3 aromatic heterocycles. The zero-order valence-electron chi connectivity index (χ0n) is 17.8. The Bertz CT molecular complexity index is 1230. The van der Waals surface area contributed by atoms with Crippen LogP contribution in [0.1, 0.15) is 18.4 Å². The van der Waals surface area contributed by atoms with Gasteiger partial charge in [0.25, 0.3) is 0 Å². The third-order valence-electron chi connectivity index (χ3n) is 6.84. The Labute approximate surface area is 181 Å². The van der Waals surface area contributed by atoms with Crippen molar-refractivity contribution in [3.8, 4) is 0 Å². The first-order chi connectivity index (χ1) is 15.2. The number of anilines is 2. The summed E-state index contributed by atoms with van der Waals surface area (Å²) in [4.78, 5) is 22.2. The van der Waals surface area contributed by atoms with E-state index in [1.165, 1.54) is 36.9 Å². The van der Waals surface area contributed by atoms with Crippen molar-refractivity contribution in [3.05, 3.63) is 54.4 Å². The van der Waals surface area contributed by atoms with E-state index in [2.05, 4.69) is 62.5 Å². The van der Waals surface area contributed by atoms with E-state index in [-0.39, 0.29) is 0 Å². The van der Waals surface area contributed by atoms with E-state index in [0.29, 0.717) is 17.6 Å². The van der Waals surface area contributed by atoms with Crippen LogP contribution in [-0.4, -0.2) is 58.1 Å². The predicted octanol–water partition coefficient (Wildman–Crippen LogP) is 3.65. The zero-order chi connectivity index (χ0) is 20.8. The Kier molecular flexibility index (Phi) is 4.31. The Morgan fingerprint density at radius 2 is 1.94 bits per heavy atom. The van der Waals surface area contributed by atoms with E-state index >= 15 is 0 Å². The first-order valence-corrected chi connectivity index (χ1v) is 11.0. The minimum Gasteiger partial charge on any atom is -0.365 e. The Morgan fingerprint density at radius 1 is 1.06 bits per heavy atom. The van der Waals surface area contributed by atoms with Gasteiger partial charge in [0.15, 0.2) is 5.65 Å². The van der Waals surface area contributed by atoms with Gasteiger partial charge >= 0.3 is 0 Å². The summed E-state index contributed by atoms with van der Waals surface area (Å²) in [5.74, 6) is 1.76. The Hall–Kier alpha value is -3.19. The molecule has 1 aromatic carbocycles. The molecule has 0 unspecified atom stereocenters. The van der Waals surface area contributed by atoms with Crippen LogP contribution >= 0.6 is 0 Å². The van der Waals surface area contributed by atoms with E-state index in [1.54, 1.807) is 6.20 Å². The molecule has 0 radical (unpaired) electrons. The van der Waals surface area contributed by atoms with E-state index < -0.39 is 0 Å². The summed E-state index contributed by atoms with van der Waals surface area (Å²) >= 11 is 0. The van der Waals surface area contributed by atoms with E-state index in [4.69, 9.17) is 9.97 Å². The molecule has 31 heavy (non-hydrogen) atoms. The second-order valence-electron chi connectivity index (χ2n) is 9.18. The molecule has 7 nitrogen and oxygen atoms in total. The van der Waals surface area contributed by atoms with Gasteiger partial charge in [-0.25, -0.2) is 15.0 Å². The van der Waals surface area contributed by atoms with Gasteiger partial charge < -0.3 is 20.1 Å². The summed E-state index contributed by atoms with van der Waals surface area (Å²) < 4.78 is 0. The van der Waals surface area contributed by atoms with Crippen LogP contribution in [0.3, 0.4) is 0 Å². The number of nitrogens with zero attached hydrogens (tertiary/aromatic N) is 5. The molecule has 7 heteroatoms. The molecule has 2 aliphatic rings. The second-order valence-corrected chi connectivity index (χ2v) is 9.18. The monoisotopic (exact) mass is 413 g/mol. The van der Waals surface area contributed by atoms with Crippen LogP contribution in [0.4, 0.5) is 11.6 Å². The van der Waals surface area contributed by atoms with Crippen molar-refractivity contribution in [1.29, 1.82) is 0 Å². The van der Waals surface area contributed by atoms with Gasteiger partial charge in [0, 0.05) is 44.4 Å². The Morgan fingerprint density at radius 3 is 2.77 bits per heavy atom. The van der Waals surface area contributed by atoms with Gasteiger partial charge in [0.05, 0.1) is 6.20 Å². The number of aromatic amines is 1. The second kappa shape index (κ2) is 7.20. The first kappa shape index (κ1) is 18.6. The minimum absolute atomic E-state index is 0.544. The fourth-order valence-corrected chi connectivity index (χ4v) is 5.17. The van der Waals surface area contributed by atoms with Gasteiger partial charge in [-0.15, -0.1) is 0 Å². The van der Waals surface area contributed by atoms with Crippen molar-refractivity contribution < 1.29 is 0 Å². The minimum atomic E-state index is 0.544. The average Bonchev–Trinajstić information content (AvgIpc) is 3.25. The first-order valence-electron chi connectivity index (χ1n) is 11.0. The largest absolute Gasteiger partial charge is 0.365 e.